The molecule has 1 aliphatic heterocycles. The molecule has 2 aromatic heterocycles. The van der Waals surface area contributed by atoms with Gasteiger partial charge in [0.05, 0.1) is 11.4 Å². The molecule has 0 spiro atoms. The van der Waals surface area contributed by atoms with Crippen LogP contribution < -0.4 is 0 Å². The maximum absolute atomic E-state index is 4.53. The topological polar surface area (TPSA) is 32.3 Å². The van der Waals surface area contributed by atoms with Gasteiger partial charge in [-0.25, -0.2) is 4.31 Å². The average molecular weight is 453 g/mol. The number of pyridine rings is 2. The monoisotopic (exact) mass is 452 g/mol. The van der Waals surface area contributed by atoms with Crippen molar-refractivity contribution in [1.29, 1.82) is 0 Å². The molecule has 0 atom stereocenters. The van der Waals surface area contributed by atoms with Crippen LogP contribution in [0.3, 0.4) is 0 Å². The highest BCUT2D eigenvalue weighted by Crippen LogP contribution is 2.29. The van der Waals surface area contributed by atoms with E-state index >= 15 is 0 Å². The first-order valence-electron chi connectivity index (χ1n) is 11.4. The lowest BCUT2D eigenvalue weighted by atomic mass is 10.0. The van der Waals surface area contributed by atoms with Gasteiger partial charge in [0.25, 0.3) is 0 Å². The van der Waals surface area contributed by atoms with Gasteiger partial charge in [0.1, 0.15) is 0 Å². The molecule has 4 nitrogen and oxygen atoms in total. The minimum atomic E-state index is 0.793. The van der Waals surface area contributed by atoms with Gasteiger partial charge in [0.15, 0.2) is 0 Å². The van der Waals surface area contributed by atoms with Crippen LogP contribution in [0.1, 0.15) is 28.1 Å². The van der Waals surface area contributed by atoms with E-state index in [1.54, 1.807) is 0 Å². The summed E-state index contributed by atoms with van der Waals surface area (Å²) in [7, 11) is 0. The van der Waals surface area contributed by atoms with E-state index in [-0.39, 0.29) is 0 Å². The molecule has 0 saturated heterocycles. The highest BCUT2D eigenvalue weighted by Gasteiger charge is 2.17. The maximum Gasteiger partial charge on any atom is 0.0544 e. The van der Waals surface area contributed by atoms with E-state index in [2.05, 4.69) is 79.8 Å². The van der Waals surface area contributed by atoms with Crippen LogP contribution in [0.5, 0.6) is 0 Å². The van der Waals surface area contributed by atoms with Gasteiger partial charge >= 0.3 is 0 Å². The SMILES string of the molecule is c1ccc(CN(Cc2ccc(SN3CCc4ccccc4C3)cc2)Cc2ccccn2)nc1. The molecule has 5 heteroatoms. The van der Waals surface area contributed by atoms with Crippen LogP contribution in [-0.4, -0.2) is 25.7 Å². The van der Waals surface area contributed by atoms with Crippen molar-refractivity contribution in [3.8, 4) is 0 Å². The van der Waals surface area contributed by atoms with Gasteiger partial charge in [-0.15, -0.1) is 0 Å². The van der Waals surface area contributed by atoms with Crippen LogP contribution in [0.15, 0.2) is 102 Å². The quantitative estimate of drug-likeness (QED) is 0.318. The number of rotatable bonds is 8. The van der Waals surface area contributed by atoms with Gasteiger partial charge in [0.2, 0.25) is 0 Å². The lowest BCUT2D eigenvalue weighted by Crippen LogP contribution is -2.24. The van der Waals surface area contributed by atoms with E-state index < -0.39 is 0 Å². The molecule has 33 heavy (non-hydrogen) atoms. The van der Waals surface area contributed by atoms with Gasteiger partial charge in [-0.3, -0.25) is 14.9 Å². The second-order valence-electron chi connectivity index (χ2n) is 8.40. The molecule has 4 aromatic rings. The van der Waals surface area contributed by atoms with Crippen LogP contribution >= 0.6 is 11.9 Å². The van der Waals surface area contributed by atoms with Gasteiger partial charge in [-0.1, -0.05) is 48.5 Å². The first-order chi connectivity index (χ1) is 16.3. The van der Waals surface area contributed by atoms with E-state index in [4.69, 9.17) is 0 Å². The molecule has 1 aliphatic rings. The van der Waals surface area contributed by atoms with Crippen molar-refractivity contribution < 1.29 is 0 Å². The van der Waals surface area contributed by atoms with E-state index in [0.29, 0.717) is 0 Å². The van der Waals surface area contributed by atoms with E-state index in [0.717, 1.165) is 50.5 Å². The summed E-state index contributed by atoms with van der Waals surface area (Å²) in [6.07, 6.45) is 4.84. The Morgan fingerprint density at radius 2 is 1.33 bits per heavy atom. The van der Waals surface area contributed by atoms with Gasteiger partial charge in [-0.2, -0.15) is 0 Å². The minimum absolute atomic E-state index is 0.793. The van der Waals surface area contributed by atoms with E-state index in [1.807, 2.05) is 48.6 Å². The summed E-state index contributed by atoms with van der Waals surface area (Å²) in [5.74, 6) is 0. The molecule has 5 rings (SSSR count). The Hall–Kier alpha value is -2.99. The fourth-order valence-electron chi connectivity index (χ4n) is 4.22. The largest absolute Gasteiger partial charge is 0.287 e. The predicted molar refractivity (Wildman–Crippen MR) is 134 cm³/mol. The molecule has 0 saturated carbocycles. The number of nitrogens with zero attached hydrogens (tertiary/aromatic N) is 4. The third kappa shape index (κ3) is 6.08. The summed E-state index contributed by atoms with van der Waals surface area (Å²) in [6.45, 7) is 4.53. The summed E-state index contributed by atoms with van der Waals surface area (Å²) in [6, 6.07) is 30.0. The predicted octanol–water partition coefficient (Wildman–Crippen LogP) is 5.74. The first-order valence-corrected chi connectivity index (χ1v) is 12.2. The zero-order chi connectivity index (χ0) is 22.3. The maximum atomic E-state index is 4.53. The summed E-state index contributed by atoms with van der Waals surface area (Å²) in [5.41, 5.74) is 6.39. The fourth-order valence-corrected chi connectivity index (χ4v) is 5.16. The van der Waals surface area contributed by atoms with Crippen molar-refractivity contribution in [3.05, 3.63) is 125 Å². The van der Waals surface area contributed by atoms with Crippen LogP contribution in [0, 0.1) is 0 Å². The van der Waals surface area contributed by atoms with Gasteiger partial charge < -0.3 is 0 Å². The van der Waals surface area contributed by atoms with Crippen LogP contribution in [0.2, 0.25) is 0 Å². The second kappa shape index (κ2) is 10.8. The average Bonchev–Trinajstić information content (AvgIpc) is 2.86. The number of fused-ring (bicyclic) bond motifs is 1. The van der Waals surface area contributed by atoms with Crippen molar-refractivity contribution in [1.82, 2.24) is 19.2 Å². The number of aromatic nitrogens is 2. The third-order valence-electron chi connectivity index (χ3n) is 5.88. The van der Waals surface area contributed by atoms with Crippen LogP contribution in [0.25, 0.3) is 0 Å². The Balaban J connectivity index is 1.24. The molecule has 0 radical (unpaired) electrons. The molecular formula is C28H28N4S. The van der Waals surface area contributed by atoms with Crippen LogP contribution in [-0.2, 0) is 32.6 Å². The van der Waals surface area contributed by atoms with E-state index in [1.165, 1.54) is 21.6 Å². The molecule has 166 valence electrons. The van der Waals surface area contributed by atoms with Crippen molar-refractivity contribution in [2.45, 2.75) is 37.5 Å². The molecule has 2 aromatic carbocycles. The number of hydrogen-bond acceptors (Lipinski definition) is 5. The zero-order valence-electron chi connectivity index (χ0n) is 18.7. The van der Waals surface area contributed by atoms with Crippen LogP contribution in [0.4, 0.5) is 0 Å². The Labute approximate surface area is 200 Å². The Bertz CT molecular complexity index is 1110. The standard InChI is InChI=1S/C28H28N4S/c1-2-8-25-20-32(18-15-24(25)7-1)33-28-13-11-23(12-14-28)19-31(21-26-9-3-5-16-29-26)22-27-10-4-6-17-30-27/h1-14,16-17H,15,18-22H2. The highest BCUT2D eigenvalue weighted by atomic mass is 32.2. The molecule has 0 fully saturated rings. The number of hydrogen-bond donors (Lipinski definition) is 0. The van der Waals surface area contributed by atoms with Gasteiger partial charge in [0, 0.05) is 50.0 Å². The van der Waals surface area contributed by atoms with Crippen molar-refractivity contribution in [3.63, 3.8) is 0 Å². The fraction of sp³-hybridized carbons (Fsp3) is 0.214. The van der Waals surface area contributed by atoms with Gasteiger partial charge in [-0.05, 0) is 71.5 Å². The summed E-state index contributed by atoms with van der Waals surface area (Å²) in [4.78, 5) is 12.7. The highest BCUT2D eigenvalue weighted by molar-refractivity contribution is 7.97. The second-order valence-corrected chi connectivity index (χ2v) is 9.58. The minimum Gasteiger partial charge on any atom is -0.287 e. The first kappa shape index (κ1) is 21.8. The molecular weight excluding hydrogens is 424 g/mol. The summed E-state index contributed by atoms with van der Waals surface area (Å²) < 4.78 is 2.46. The lowest BCUT2D eigenvalue weighted by Gasteiger charge is -2.27. The summed E-state index contributed by atoms with van der Waals surface area (Å²) in [5, 5.41) is 0. The Kier molecular flexibility index (Phi) is 7.11. The van der Waals surface area contributed by atoms with Crippen molar-refractivity contribution in [2.24, 2.45) is 0 Å². The molecule has 0 unspecified atom stereocenters. The molecule has 0 N–H and O–H groups in total. The molecule has 0 aliphatic carbocycles. The number of benzene rings is 2. The third-order valence-corrected chi connectivity index (χ3v) is 6.94. The summed E-state index contributed by atoms with van der Waals surface area (Å²) >= 11 is 1.86. The zero-order valence-corrected chi connectivity index (χ0v) is 19.5. The van der Waals surface area contributed by atoms with E-state index in [9.17, 15) is 0 Å². The molecule has 0 amide bonds. The molecule has 0 bridgehead atoms. The Morgan fingerprint density at radius 3 is 1.97 bits per heavy atom. The lowest BCUT2D eigenvalue weighted by molar-refractivity contribution is 0.241. The normalized spacial score (nSPS) is 13.7. The van der Waals surface area contributed by atoms with Crippen molar-refractivity contribution in [2.75, 3.05) is 6.54 Å². The Morgan fingerprint density at radius 1 is 0.697 bits per heavy atom. The van der Waals surface area contributed by atoms with Crippen molar-refractivity contribution >= 4 is 11.9 Å². The molecule has 3 heterocycles. The smallest absolute Gasteiger partial charge is 0.0544 e.